The van der Waals surface area contributed by atoms with E-state index in [0.29, 0.717) is 26.1 Å². The van der Waals surface area contributed by atoms with Crippen molar-refractivity contribution in [2.45, 2.75) is 6.61 Å². The summed E-state index contributed by atoms with van der Waals surface area (Å²) in [6.45, 7) is 0.278. The maximum absolute atomic E-state index is 12.9. The summed E-state index contributed by atoms with van der Waals surface area (Å²) in [6.07, 6.45) is 1.70. The van der Waals surface area contributed by atoms with E-state index in [-0.39, 0.29) is 16.8 Å². The molecule has 2 aromatic carbocycles. The van der Waals surface area contributed by atoms with Crippen molar-refractivity contribution < 1.29 is 14.3 Å². The van der Waals surface area contributed by atoms with Crippen LogP contribution >= 0.6 is 62.8 Å². The van der Waals surface area contributed by atoms with Gasteiger partial charge in [0, 0.05) is 20.6 Å². The van der Waals surface area contributed by atoms with E-state index in [1.165, 1.54) is 11.3 Å². The van der Waals surface area contributed by atoms with Crippen molar-refractivity contribution in [1.82, 2.24) is 10.4 Å². The van der Waals surface area contributed by atoms with Crippen LogP contribution in [0.15, 0.2) is 69.4 Å². The molecule has 162 valence electrons. The maximum Gasteiger partial charge on any atom is 0.285 e. The second-order valence-corrected chi connectivity index (χ2v) is 10.4. The van der Waals surface area contributed by atoms with Crippen molar-refractivity contribution in [2.24, 2.45) is 0 Å². The zero-order valence-electron chi connectivity index (χ0n) is 16.2. The summed E-state index contributed by atoms with van der Waals surface area (Å²) < 4.78 is 7.07. The van der Waals surface area contributed by atoms with E-state index in [1.807, 2.05) is 36.4 Å². The lowest BCUT2D eigenvalue weighted by atomic mass is 10.1. The molecule has 2 amide bonds. The minimum absolute atomic E-state index is 0.250. The Morgan fingerprint density at radius 2 is 2.03 bits per heavy atom. The number of nitrogens with one attached hydrogen (secondary N) is 1. The van der Waals surface area contributed by atoms with E-state index in [0.717, 1.165) is 26.8 Å². The number of halogens is 2. The van der Waals surface area contributed by atoms with Crippen molar-refractivity contribution in [3.63, 3.8) is 0 Å². The average molecular weight is 566 g/mol. The standard InChI is InChI=1S/C22H14BrClN2O3S3/c23-15-7-8-17(29-12-13-4-1-2-5-16(13)24)14(10-15)11-19-21(28)26(22(30)32-19)25-20(27)18-6-3-9-31-18/h1-11H,12H2,(H,25,27)/b19-11+. The number of benzene rings is 2. The Labute approximate surface area is 211 Å². The Balaban J connectivity index is 1.54. The van der Waals surface area contributed by atoms with Gasteiger partial charge in [-0.15, -0.1) is 11.3 Å². The maximum atomic E-state index is 12.9. The molecule has 1 aliphatic rings. The van der Waals surface area contributed by atoms with Crippen LogP contribution < -0.4 is 10.2 Å². The van der Waals surface area contributed by atoms with Crippen molar-refractivity contribution in [1.29, 1.82) is 0 Å². The first-order valence-corrected chi connectivity index (χ1v) is 12.5. The number of carbonyl (C=O) groups is 2. The molecule has 1 aromatic heterocycles. The molecule has 4 rings (SSSR count). The van der Waals surface area contributed by atoms with Crippen LogP contribution in [-0.4, -0.2) is 21.1 Å². The topological polar surface area (TPSA) is 58.6 Å². The minimum atomic E-state index is -0.401. The first-order chi connectivity index (χ1) is 15.4. The van der Waals surface area contributed by atoms with Gasteiger partial charge in [0.25, 0.3) is 11.8 Å². The molecule has 0 saturated carbocycles. The third-order valence-corrected chi connectivity index (χ3v) is 7.38. The molecule has 0 radical (unpaired) electrons. The number of rotatable bonds is 6. The molecular weight excluding hydrogens is 552 g/mol. The third-order valence-electron chi connectivity index (χ3n) is 4.35. The summed E-state index contributed by atoms with van der Waals surface area (Å²) in [6, 6.07) is 16.4. The van der Waals surface area contributed by atoms with Crippen LogP contribution in [0.5, 0.6) is 5.75 Å². The number of thiophene rings is 1. The molecule has 2 heterocycles. The predicted molar refractivity (Wildman–Crippen MR) is 137 cm³/mol. The number of hydrogen-bond acceptors (Lipinski definition) is 6. The fraction of sp³-hybridized carbons (Fsp3) is 0.0455. The van der Waals surface area contributed by atoms with E-state index >= 15 is 0 Å². The van der Waals surface area contributed by atoms with Crippen LogP contribution in [0.1, 0.15) is 20.8 Å². The van der Waals surface area contributed by atoms with Gasteiger partial charge in [-0.25, -0.2) is 0 Å². The first kappa shape index (κ1) is 23.0. The highest BCUT2D eigenvalue weighted by Gasteiger charge is 2.34. The Morgan fingerprint density at radius 3 is 2.78 bits per heavy atom. The van der Waals surface area contributed by atoms with Crippen molar-refractivity contribution >= 4 is 85.1 Å². The lowest BCUT2D eigenvalue weighted by Gasteiger charge is -2.14. The van der Waals surface area contributed by atoms with Crippen LogP contribution in [-0.2, 0) is 11.4 Å². The average Bonchev–Trinajstić information content (AvgIpc) is 3.39. The van der Waals surface area contributed by atoms with Crippen LogP contribution in [0.2, 0.25) is 5.02 Å². The molecule has 0 aliphatic carbocycles. The van der Waals surface area contributed by atoms with Gasteiger partial charge in [-0.1, -0.05) is 63.6 Å². The summed E-state index contributed by atoms with van der Waals surface area (Å²) in [7, 11) is 0. The predicted octanol–water partition coefficient (Wildman–Crippen LogP) is 6.29. The Hall–Kier alpha value is -2.17. The van der Waals surface area contributed by atoms with Gasteiger partial charge >= 0.3 is 0 Å². The van der Waals surface area contributed by atoms with Gasteiger partial charge < -0.3 is 4.74 Å². The second kappa shape index (κ2) is 10.2. The summed E-state index contributed by atoms with van der Waals surface area (Å²) in [5.74, 6) is -0.202. The Kier molecular flexibility index (Phi) is 7.32. The number of amides is 2. The van der Waals surface area contributed by atoms with Crippen LogP contribution in [0.3, 0.4) is 0 Å². The molecule has 0 spiro atoms. The molecule has 1 aliphatic heterocycles. The van der Waals surface area contributed by atoms with E-state index in [2.05, 4.69) is 21.4 Å². The van der Waals surface area contributed by atoms with Gasteiger partial charge in [-0.05, 0) is 54.0 Å². The second-order valence-electron chi connectivity index (χ2n) is 6.50. The lowest BCUT2D eigenvalue weighted by molar-refractivity contribution is -0.123. The normalized spacial score (nSPS) is 14.8. The number of hydrogen-bond donors (Lipinski definition) is 1. The molecule has 3 aromatic rings. The fourth-order valence-corrected chi connectivity index (χ4v) is 5.16. The van der Waals surface area contributed by atoms with Gasteiger partial charge in [0.1, 0.15) is 12.4 Å². The Bertz CT molecular complexity index is 1230. The lowest BCUT2D eigenvalue weighted by Crippen LogP contribution is -2.44. The van der Waals surface area contributed by atoms with Gasteiger partial charge in [0.15, 0.2) is 4.32 Å². The summed E-state index contributed by atoms with van der Waals surface area (Å²) >= 11 is 17.4. The fourth-order valence-electron chi connectivity index (χ4n) is 2.80. The van der Waals surface area contributed by atoms with Gasteiger partial charge in [0.05, 0.1) is 9.78 Å². The highest BCUT2D eigenvalue weighted by atomic mass is 79.9. The van der Waals surface area contributed by atoms with Gasteiger partial charge in [0.2, 0.25) is 0 Å². The van der Waals surface area contributed by atoms with Crippen molar-refractivity contribution in [3.8, 4) is 5.75 Å². The first-order valence-electron chi connectivity index (χ1n) is 9.20. The zero-order valence-corrected chi connectivity index (χ0v) is 21.0. The summed E-state index contributed by atoms with van der Waals surface area (Å²) in [5.41, 5.74) is 4.12. The highest BCUT2D eigenvalue weighted by Crippen LogP contribution is 2.35. The summed E-state index contributed by atoms with van der Waals surface area (Å²) in [4.78, 5) is 26.1. The molecule has 1 fully saturated rings. The van der Waals surface area contributed by atoms with Gasteiger partial charge in [-0.2, -0.15) is 5.01 Å². The number of hydrazine groups is 1. The number of carbonyl (C=O) groups excluding carboxylic acids is 2. The molecule has 0 atom stereocenters. The van der Waals surface area contributed by atoms with Crippen molar-refractivity contribution in [3.05, 3.63) is 90.4 Å². The number of thioether (sulfide) groups is 1. The monoisotopic (exact) mass is 564 g/mol. The van der Waals surface area contributed by atoms with Crippen molar-refractivity contribution in [2.75, 3.05) is 0 Å². The molecule has 10 heteroatoms. The van der Waals surface area contributed by atoms with E-state index in [9.17, 15) is 9.59 Å². The highest BCUT2D eigenvalue weighted by molar-refractivity contribution is 9.10. The zero-order chi connectivity index (χ0) is 22.7. The molecule has 1 saturated heterocycles. The molecule has 0 bridgehead atoms. The SMILES string of the molecule is O=C(NN1C(=O)/C(=C\c2cc(Br)ccc2OCc2ccccc2Cl)SC1=S)c1cccs1. The molecule has 5 nitrogen and oxygen atoms in total. The summed E-state index contributed by atoms with van der Waals surface area (Å²) in [5, 5.41) is 3.50. The molecule has 1 N–H and O–H groups in total. The van der Waals surface area contributed by atoms with Crippen LogP contribution in [0.25, 0.3) is 6.08 Å². The van der Waals surface area contributed by atoms with E-state index in [1.54, 1.807) is 29.7 Å². The van der Waals surface area contributed by atoms with Crippen LogP contribution in [0, 0.1) is 0 Å². The quantitative estimate of drug-likeness (QED) is 0.281. The number of nitrogens with zero attached hydrogens (tertiary/aromatic N) is 1. The number of thiocarbonyl (C=S) groups is 1. The molecule has 32 heavy (non-hydrogen) atoms. The van der Waals surface area contributed by atoms with Gasteiger partial charge in [-0.3, -0.25) is 15.0 Å². The smallest absolute Gasteiger partial charge is 0.285 e. The number of ether oxygens (including phenoxy) is 1. The third kappa shape index (κ3) is 5.24. The largest absolute Gasteiger partial charge is 0.488 e. The molecule has 0 unspecified atom stereocenters. The molecular formula is C22H14BrClN2O3S3. The minimum Gasteiger partial charge on any atom is -0.488 e. The van der Waals surface area contributed by atoms with E-state index in [4.69, 9.17) is 28.6 Å². The van der Waals surface area contributed by atoms with E-state index < -0.39 is 5.91 Å². The Morgan fingerprint density at radius 1 is 1.22 bits per heavy atom. The van der Waals surface area contributed by atoms with Crippen LogP contribution in [0.4, 0.5) is 0 Å².